The number of benzene rings is 1. The predicted octanol–water partition coefficient (Wildman–Crippen LogP) is 1.90. The number of nitrogen functional groups attached to an aromatic ring is 1. The van der Waals surface area contributed by atoms with Crippen LogP contribution >= 0.6 is 0 Å². The van der Waals surface area contributed by atoms with Gasteiger partial charge >= 0.3 is 0 Å². The number of hydrogen-bond acceptors (Lipinski definition) is 3. The minimum Gasteiger partial charge on any atom is -0.493 e. The molecule has 0 aliphatic rings. The Bertz CT molecular complexity index is 416. The van der Waals surface area contributed by atoms with Crippen LogP contribution in [0.15, 0.2) is 30.9 Å². The minimum absolute atomic E-state index is 0.00165. The van der Waals surface area contributed by atoms with Gasteiger partial charge < -0.3 is 15.8 Å². The Balaban J connectivity index is 2.55. The summed E-state index contributed by atoms with van der Waals surface area (Å²) in [5.41, 5.74) is 7.40. The maximum absolute atomic E-state index is 11.3. The third-order valence-electron chi connectivity index (χ3n) is 2.41. The van der Waals surface area contributed by atoms with Crippen molar-refractivity contribution in [1.82, 2.24) is 5.32 Å². The van der Waals surface area contributed by atoms with Crippen molar-refractivity contribution < 1.29 is 9.53 Å². The molecule has 0 bridgehead atoms. The molecule has 0 saturated carbocycles. The van der Waals surface area contributed by atoms with Crippen LogP contribution in [0, 0.1) is 0 Å². The summed E-state index contributed by atoms with van der Waals surface area (Å²) in [6, 6.07) is 5.48. The van der Waals surface area contributed by atoms with E-state index in [4.69, 9.17) is 10.5 Å². The van der Waals surface area contributed by atoms with Crippen LogP contribution in [0.1, 0.15) is 18.9 Å². The highest BCUT2D eigenvalue weighted by Crippen LogP contribution is 2.22. The van der Waals surface area contributed by atoms with Gasteiger partial charge in [-0.15, -0.1) is 6.58 Å². The molecule has 18 heavy (non-hydrogen) atoms. The average Bonchev–Trinajstić information content (AvgIpc) is 2.33. The summed E-state index contributed by atoms with van der Waals surface area (Å²) >= 11 is 0. The number of nitrogens with one attached hydrogen (secondary N) is 1. The van der Waals surface area contributed by atoms with E-state index in [-0.39, 0.29) is 5.91 Å². The molecule has 0 heterocycles. The first kappa shape index (κ1) is 14.1. The first-order valence-corrected chi connectivity index (χ1v) is 6.06. The molecule has 1 amide bonds. The number of anilines is 1. The molecule has 0 radical (unpaired) electrons. The summed E-state index contributed by atoms with van der Waals surface area (Å²) in [6.07, 6.45) is 2.85. The molecule has 0 aliphatic carbocycles. The topological polar surface area (TPSA) is 64.3 Å². The second-order valence-corrected chi connectivity index (χ2v) is 3.91. The van der Waals surface area contributed by atoms with E-state index in [1.54, 1.807) is 12.1 Å². The molecular weight excluding hydrogens is 228 g/mol. The number of carbonyl (C=O) groups excluding carboxylic acids is 1. The van der Waals surface area contributed by atoms with Crippen LogP contribution in [0.5, 0.6) is 5.75 Å². The van der Waals surface area contributed by atoms with E-state index in [0.29, 0.717) is 31.7 Å². The zero-order chi connectivity index (χ0) is 13.4. The molecule has 1 aromatic rings. The molecule has 0 saturated heterocycles. The van der Waals surface area contributed by atoms with Gasteiger partial charge in [0, 0.05) is 12.2 Å². The summed E-state index contributed by atoms with van der Waals surface area (Å²) in [7, 11) is 0. The van der Waals surface area contributed by atoms with Crippen molar-refractivity contribution in [2.75, 3.05) is 18.9 Å². The minimum atomic E-state index is -0.00165. The molecule has 0 aliphatic heterocycles. The van der Waals surface area contributed by atoms with E-state index in [0.717, 1.165) is 11.3 Å². The monoisotopic (exact) mass is 248 g/mol. The van der Waals surface area contributed by atoms with Crippen LogP contribution < -0.4 is 15.8 Å². The van der Waals surface area contributed by atoms with Gasteiger partial charge in [0.05, 0.1) is 13.0 Å². The number of nitrogens with two attached hydrogens (primary N) is 1. The maximum Gasteiger partial charge on any atom is 0.223 e. The summed E-state index contributed by atoms with van der Waals surface area (Å²) in [6.45, 7) is 6.59. The van der Waals surface area contributed by atoms with Crippen LogP contribution in [0.2, 0.25) is 0 Å². The highest BCUT2D eigenvalue weighted by atomic mass is 16.5. The molecule has 0 atom stereocenters. The molecule has 4 heteroatoms. The average molecular weight is 248 g/mol. The number of amides is 1. The number of hydrogen-bond donors (Lipinski definition) is 2. The van der Waals surface area contributed by atoms with Crippen LogP contribution in [0.4, 0.5) is 5.69 Å². The third kappa shape index (κ3) is 4.49. The first-order valence-electron chi connectivity index (χ1n) is 6.06. The van der Waals surface area contributed by atoms with Gasteiger partial charge in [0.1, 0.15) is 5.75 Å². The van der Waals surface area contributed by atoms with Gasteiger partial charge in [-0.2, -0.15) is 0 Å². The maximum atomic E-state index is 11.3. The lowest BCUT2D eigenvalue weighted by Gasteiger charge is -2.11. The molecule has 0 unspecified atom stereocenters. The van der Waals surface area contributed by atoms with Crippen LogP contribution in [0.3, 0.4) is 0 Å². The van der Waals surface area contributed by atoms with Gasteiger partial charge in [0.25, 0.3) is 0 Å². The SMILES string of the molecule is C=CCc1cc(N)ccc1OCCC(=O)NCC. The summed E-state index contributed by atoms with van der Waals surface area (Å²) in [5.74, 6) is 0.756. The lowest BCUT2D eigenvalue weighted by atomic mass is 10.1. The van der Waals surface area contributed by atoms with Gasteiger partial charge in [0.15, 0.2) is 0 Å². The molecule has 1 rings (SSSR count). The van der Waals surface area contributed by atoms with Gasteiger partial charge in [-0.05, 0) is 37.1 Å². The first-order chi connectivity index (χ1) is 8.67. The smallest absolute Gasteiger partial charge is 0.223 e. The molecule has 0 spiro atoms. The standard InChI is InChI=1S/C14H20N2O2/c1-3-5-11-10-12(15)6-7-13(11)18-9-8-14(17)16-4-2/h3,6-7,10H,1,4-5,8-9,15H2,2H3,(H,16,17). The fourth-order valence-electron chi connectivity index (χ4n) is 1.59. The Labute approximate surface area is 108 Å². The second kappa shape index (κ2) is 7.37. The van der Waals surface area contributed by atoms with Crippen LogP contribution in [-0.2, 0) is 11.2 Å². The van der Waals surface area contributed by atoms with Crippen molar-refractivity contribution in [3.05, 3.63) is 36.4 Å². The van der Waals surface area contributed by atoms with E-state index in [1.165, 1.54) is 0 Å². The Morgan fingerprint density at radius 3 is 3.00 bits per heavy atom. The molecule has 0 fully saturated rings. The van der Waals surface area contributed by atoms with Crippen molar-refractivity contribution >= 4 is 11.6 Å². The number of ether oxygens (including phenoxy) is 1. The predicted molar refractivity (Wildman–Crippen MR) is 73.6 cm³/mol. The number of allylic oxidation sites excluding steroid dienone is 1. The molecule has 1 aromatic carbocycles. The van der Waals surface area contributed by atoms with Gasteiger partial charge in [0.2, 0.25) is 5.91 Å². The Morgan fingerprint density at radius 1 is 1.56 bits per heavy atom. The summed E-state index contributed by atoms with van der Waals surface area (Å²) in [4.78, 5) is 11.3. The van der Waals surface area contributed by atoms with E-state index >= 15 is 0 Å². The van der Waals surface area contributed by atoms with Crippen molar-refractivity contribution in [2.45, 2.75) is 19.8 Å². The summed E-state index contributed by atoms with van der Waals surface area (Å²) < 4.78 is 5.60. The Hall–Kier alpha value is -1.97. The van der Waals surface area contributed by atoms with Crippen molar-refractivity contribution in [3.8, 4) is 5.75 Å². The quantitative estimate of drug-likeness (QED) is 0.572. The normalized spacial score (nSPS) is 9.83. The fraction of sp³-hybridized carbons (Fsp3) is 0.357. The summed E-state index contributed by atoms with van der Waals surface area (Å²) in [5, 5.41) is 2.73. The van der Waals surface area contributed by atoms with Crippen molar-refractivity contribution in [2.24, 2.45) is 0 Å². The lowest BCUT2D eigenvalue weighted by molar-refractivity contribution is -0.121. The molecule has 0 aromatic heterocycles. The second-order valence-electron chi connectivity index (χ2n) is 3.91. The number of carbonyl (C=O) groups is 1. The zero-order valence-electron chi connectivity index (χ0n) is 10.7. The van der Waals surface area contributed by atoms with Gasteiger partial charge in [-0.1, -0.05) is 6.08 Å². The third-order valence-corrected chi connectivity index (χ3v) is 2.41. The van der Waals surface area contributed by atoms with E-state index in [9.17, 15) is 4.79 Å². The van der Waals surface area contributed by atoms with E-state index in [1.807, 2.05) is 19.1 Å². The highest BCUT2D eigenvalue weighted by Gasteiger charge is 2.05. The van der Waals surface area contributed by atoms with Crippen LogP contribution in [-0.4, -0.2) is 19.1 Å². The Morgan fingerprint density at radius 2 is 2.33 bits per heavy atom. The van der Waals surface area contributed by atoms with Gasteiger partial charge in [-0.25, -0.2) is 0 Å². The highest BCUT2D eigenvalue weighted by molar-refractivity contribution is 5.75. The molecular formula is C14H20N2O2. The van der Waals surface area contributed by atoms with Gasteiger partial charge in [-0.3, -0.25) is 4.79 Å². The van der Waals surface area contributed by atoms with Crippen LogP contribution in [0.25, 0.3) is 0 Å². The largest absolute Gasteiger partial charge is 0.493 e. The van der Waals surface area contributed by atoms with Crippen molar-refractivity contribution in [3.63, 3.8) is 0 Å². The molecule has 3 N–H and O–H groups in total. The Kier molecular flexibility index (Phi) is 5.77. The lowest BCUT2D eigenvalue weighted by Crippen LogP contribution is -2.24. The molecule has 98 valence electrons. The number of rotatable bonds is 7. The van der Waals surface area contributed by atoms with Crippen molar-refractivity contribution in [1.29, 1.82) is 0 Å². The zero-order valence-corrected chi connectivity index (χ0v) is 10.7. The van der Waals surface area contributed by atoms with E-state index in [2.05, 4.69) is 11.9 Å². The molecule has 4 nitrogen and oxygen atoms in total. The fourth-order valence-corrected chi connectivity index (χ4v) is 1.59. The van der Waals surface area contributed by atoms with E-state index < -0.39 is 0 Å².